The summed E-state index contributed by atoms with van der Waals surface area (Å²) in [5.74, 6) is 0.166. The molecule has 1 saturated heterocycles. The molecule has 1 aliphatic heterocycles. The highest BCUT2D eigenvalue weighted by atomic mass is 16.2. The van der Waals surface area contributed by atoms with Crippen molar-refractivity contribution in [3.8, 4) is 0 Å². The summed E-state index contributed by atoms with van der Waals surface area (Å²) < 4.78 is 1.78. The third kappa shape index (κ3) is 3.90. The van der Waals surface area contributed by atoms with E-state index >= 15 is 0 Å². The van der Waals surface area contributed by atoms with Gasteiger partial charge in [-0.3, -0.25) is 14.3 Å². The predicted molar refractivity (Wildman–Crippen MR) is 94.8 cm³/mol. The molecule has 2 amide bonds. The van der Waals surface area contributed by atoms with E-state index in [2.05, 4.69) is 5.10 Å². The van der Waals surface area contributed by atoms with E-state index in [9.17, 15) is 9.59 Å². The Morgan fingerprint density at radius 2 is 2.04 bits per heavy atom. The smallest absolute Gasteiger partial charge is 0.242 e. The van der Waals surface area contributed by atoms with Crippen LogP contribution in [0.2, 0.25) is 0 Å². The van der Waals surface area contributed by atoms with Crippen molar-refractivity contribution in [1.82, 2.24) is 19.6 Å². The molecule has 0 radical (unpaired) electrons. The summed E-state index contributed by atoms with van der Waals surface area (Å²) in [6.45, 7) is 3.15. The number of carbonyl (C=O) groups excluding carboxylic acids is 2. The van der Waals surface area contributed by atoms with Gasteiger partial charge in [0.1, 0.15) is 0 Å². The van der Waals surface area contributed by atoms with Crippen LogP contribution in [-0.4, -0.2) is 51.5 Å². The Kier molecular flexibility index (Phi) is 4.88. The van der Waals surface area contributed by atoms with E-state index in [0.29, 0.717) is 19.5 Å². The molecule has 2 heterocycles. The summed E-state index contributed by atoms with van der Waals surface area (Å²) in [7, 11) is 3.63. The zero-order valence-electron chi connectivity index (χ0n) is 15.0. The molecule has 25 heavy (non-hydrogen) atoms. The average Bonchev–Trinajstić information content (AvgIpc) is 3.10. The van der Waals surface area contributed by atoms with Crippen LogP contribution in [0.3, 0.4) is 0 Å². The van der Waals surface area contributed by atoms with Crippen LogP contribution in [0.1, 0.15) is 29.3 Å². The molecule has 0 aliphatic carbocycles. The predicted octanol–water partition coefficient (Wildman–Crippen LogP) is 1.70. The number of amides is 2. The highest BCUT2D eigenvalue weighted by Gasteiger charge is 2.32. The zero-order chi connectivity index (χ0) is 18.0. The van der Waals surface area contributed by atoms with E-state index < -0.39 is 0 Å². The van der Waals surface area contributed by atoms with Gasteiger partial charge in [0, 0.05) is 33.0 Å². The van der Waals surface area contributed by atoms with Gasteiger partial charge in [0.05, 0.1) is 24.5 Å². The van der Waals surface area contributed by atoms with Gasteiger partial charge >= 0.3 is 0 Å². The van der Waals surface area contributed by atoms with Crippen LogP contribution in [0.15, 0.2) is 36.4 Å². The molecule has 0 saturated carbocycles. The number of hydrogen-bond donors (Lipinski definition) is 0. The molecule has 0 unspecified atom stereocenters. The lowest BCUT2D eigenvalue weighted by atomic mass is 9.99. The lowest BCUT2D eigenvalue weighted by Gasteiger charge is -2.22. The van der Waals surface area contributed by atoms with Gasteiger partial charge in [-0.05, 0) is 18.6 Å². The molecule has 2 aromatic rings. The van der Waals surface area contributed by atoms with Gasteiger partial charge in [-0.25, -0.2) is 0 Å². The van der Waals surface area contributed by atoms with E-state index in [1.165, 1.54) is 0 Å². The number of aryl methyl sites for hydroxylation is 2. The molecule has 6 heteroatoms. The second kappa shape index (κ2) is 7.09. The third-order valence-corrected chi connectivity index (χ3v) is 4.74. The van der Waals surface area contributed by atoms with Crippen LogP contribution in [0.25, 0.3) is 0 Å². The second-order valence-corrected chi connectivity index (χ2v) is 6.74. The Balaban J connectivity index is 1.59. The number of benzene rings is 1. The van der Waals surface area contributed by atoms with E-state index in [1.807, 2.05) is 50.4 Å². The number of likely N-dealkylation sites (N-methyl/N-ethyl adjacent to an activating group) is 1. The van der Waals surface area contributed by atoms with Gasteiger partial charge in [0.15, 0.2) is 0 Å². The van der Waals surface area contributed by atoms with Crippen molar-refractivity contribution >= 4 is 11.8 Å². The Hall–Kier alpha value is -2.63. The molecule has 132 valence electrons. The molecule has 1 aromatic carbocycles. The van der Waals surface area contributed by atoms with Crippen molar-refractivity contribution in [2.45, 2.75) is 25.8 Å². The standard InChI is InChI=1S/C19H24N4O2/c1-14-9-17(22(3)20-14)12-21(2)19(25)13-23-11-16(10-18(23)24)15-7-5-4-6-8-15/h4-9,16H,10-13H2,1-3H3/t16-/m0/s1. The maximum absolute atomic E-state index is 12.5. The highest BCUT2D eigenvalue weighted by Crippen LogP contribution is 2.27. The first kappa shape index (κ1) is 17.2. The molecular formula is C19H24N4O2. The Labute approximate surface area is 148 Å². The maximum atomic E-state index is 12.5. The quantitative estimate of drug-likeness (QED) is 0.832. The van der Waals surface area contributed by atoms with Crippen molar-refractivity contribution in [1.29, 1.82) is 0 Å². The van der Waals surface area contributed by atoms with E-state index in [4.69, 9.17) is 0 Å². The van der Waals surface area contributed by atoms with Gasteiger partial charge in [0.2, 0.25) is 11.8 Å². The fourth-order valence-electron chi connectivity index (χ4n) is 3.30. The lowest BCUT2D eigenvalue weighted by Crippen LogP contribution is -2.39. The van der Waals surface area contributed by atoms with Crippen LogP contribution in [0.5, 0.6) is 0 Å². The molecular weight excluding hydrogens is 316 g/mol. The fraction of sp³-hybridized carbons (Fsp3) is 0.421. The van der Waals surface area contributed by atoms with Crippen molar-refractivity contribution in [3.63, 3.8) is 0 Å². The summed E-state index contributed by atoms with van der Waals surface area (Å²) in [6.07, 6.45) is 0.474. The van der Waals surface area contributed by atoms with Gasteiger partial charge < -0.3 is 9.80 Å². The molecule has 1 aromatic heterocycles. The Morgan fingerprint density at radius 3 is 2.68 bits per heavy atom. The number of carbonyl (C=O) groups is 2. The van der Waals surface area contributed by atoms with Gasteiger partial charge in [-0.1, -0.05) is 30.3 Å². The van der Waals surface area contributed by atoms with Crippen molar-refractivity contribution < 1.29 is 9.59 Å². The third-order valence-electron chi connectivity index (χ3n) is 4.74. The van der Waals surface area contributed by atoms with E-state index in [0.717, 1.165) is 17.0 Å². The van der Waals surface area contributed by atoms with Gasteiger partial charge in [-0.2, -0.15) is 5.10 Å². The molecule has 0 bridgehead atoms. The SMILES string of the molecule is Cc1cc(CN(C)C(=O)CN2C[C@@H](c3ccccc3)CC2=O)n(C)n1. The van der Waals surface area contributed by atoms with Crippen molar-refractivity contribution in [3.05, 3.63) is 53.3 Å². The zero-order valence-corrected chi connectivity index (χ0v) is 15.0. The van der Waals surface area contributed by atoms with E-state index in [1.54, 1.807) is 21.5 Å². The Morgan fingerprint density at radius 1 is 1.32 bits per heavy atom. The lowest BCUT2D eigenvalue weighted by molar-refractivity contribution is -0.137. The van der Waals surface area contributed by atoms with Crippen LogP contribution in [0, 0.1) is 6.92 Å². The number of aromatic nitrogens is 2. The summed E-state index contributed by atoms with van der Waals surface area (Å²) >= 11 is 0. The summed E-state index contributed by atoms with van der Waals surface area (Å²) in [5, 5.41) is 4.30. The van der Waals surface area contributed by atoms with Crippen LogP contribution < -0.4 is 0 Å². The van der Waals surface area contributed by atoms with Crippen molar-refractivity contribution in [2.75, 3.05) is 20.1 Å². The first-order valence-corrected chi connectivity index (χ1v) is 8.50. The molecule has 1 atom stereocenters. The topological polar surface area (TPSA) is 58.4 Å². The summed E-state index contributed by atoms with van der Waals surface area (Å²) in [5.41, 5.74) is 3.06. The molecule has 6 nitrogen and oxygen atoms in total. The fourth-order valence-corrected chi connectivity index (χ4v) is 3.30. The Bertz CT molecular complexity index is 769. The molecule has 0 N–H and O–H groups in total. The second-order valence-electron chi connectivity index (χ2n) is 6.74. The van der Waals surface area contributed by atoms with Crippen LogP contribution in [-0.2, 0) is 23.2 Å². The minimum Gasteiger partial charge on any atom is -0.338 e. The largest absolute Gasteiger partial charge is 0.338 e. The molecule has 0 spiro atoms. The van der Waals surface area contributed by atoms with Gasteiger partial charge in [0.25, 0.3) is 0 Å². The maximum Gasteiger partial charge on any atom is 0.242 e. The monoisotopic (exact) mass is 340 g/mol. The van der Waals surface area contributed by atoms with E-state index in [-0.39, 0.29) is 24.3 Å². The highest BCUT2D eigenvalue weighted by molar-refractivity contribution is 5.86. The molecule has 3 rings (SSSR count). The van der Waals surface area contributed by atoms with Crippen LogP contribution in [0.4, 0.5) is 0 Å². The first-order valence-electron chi connectivity index (χ1n) is 8.50. The minimum absolute atomic E-state index is 0.0481. The number of hydrogen-bond acceptors (Lipinski definition) is 3. The summed E-state index contributed by atoms with van der Waals surface area (Å²) in [4.78, 5) is 28.1. The molecule has 1 fully saturated rings. The number of likely N-dealkylation sites (tertiary alicyclic amines) is 1. The minimum atomic E-state index is -0.0547. The van der Waals surface area contributed by atoms with Crippen molar-refractivity contribution in [2.24, 2.45) is 7.05 Å². The average molecular weight is 340 g/mol. The number of rotatable bonds is 5. The first-order chi connectivity index (χ1) is 11.9. The number of nitrogens with zero attached hydrogens (tertiary/aromatic N) is 4. The van der Waals surface area contributed by atoms with Gasteiger partial charge in [-0.15, -0.1) is 0 Å². The normalized spacial score (nSPS) is 17.2. The van der Waals surface area contributed by atoms with Crippen LogP contribution >= 0.6 is 0 Å². The molecule has 1 aliphatic rings. The summed E-state index contributed by atoms with van der Waals surface area (Å²) in [6, 6.07) is 12.0.